The molecule has 2 rings (SSSR count). The highest BCUT2D eigenvalue weighted by Crippen LogP contribution is 2.13. The van der Waals surface area contributed by atoms with Gasteiger partial charge in [-0.15, -0.1) is 0 Å². The second-order valence-corrected chi connectivity index (χ2v) is 6.04. The third-order valence-electron chi connectivity index (χ3n) is 3.65. The fourth-order valence-electron chi connectivity index (χ4n) is 2.30. The molecule has 0 spiro atoms. The number of hydrogen-bond donors (Lipinski definition) is 2. The average molecular weight is 356 g/mol. The number of nitrogens with one attached hydrogen (secondary N) is 2. The highest BCUT2D eigenvalue weighted by atomic mass is 16.5. The van der Waals surface area contributed by atoms with Gasteiger partial charge in [0.05, 0.1) is 24.6 Å². The van der Waals surface area contributed by atoms with Crippen molar-refractivity contribution < 1.29 is 14.3 Å². The number of carbonyl (C=O) groups excluding carboxylic acids is 2. The average Bonchev–Trinajstić information content (AvgIpc) is 2.65. The molecular weight excluding hydrogens is 332 g/mol. The van der Waals surface area contributed by atoms with Crippen molar-refractivity contribution in [1.29, 1.82) is 0 Å². The Morgan fingerprint density at radius 3 is 2.62 bits per heavy atom. The van der Waals surface area contributed by atoms with Crippen molar-refractivity contribution in [3.8, 4) is 0 Å². The molecule has 0 aliphatic rings. The van der Waals surface area contributed by atoms with Gasteiger partial charge < -0.3 is 20.3 Å². The van der Waals surface area contributed by atoms with E-state index in [0.717, 1.165) is 25.2 Å². The van der Waals surface area contributed by atoms with Gasteiger partial charge in [-0.25, -0.2) is 9.78 Å². The normalized spacial score (nSPS) is 10.5. The van der Waals surface area contributed by atoms with Gasteiger partial charge in [0.2, 0.25) is 0 Å². The molecule has 0 saturated carbocycles. The number of aromatic nitrogens is 1. The summed E-state index contributed by atoms with van der Waals surface area (Å²) >= 11 is 0. The van der Waals surface area contributed by atoms with E-state index in [2.05, 4.69) is 25.3 Å². The monoisotopic (exact) mass is 356 g/mol. The zero-order valence-corrected chi connectivity index (χ0v) is 15.3. The van der Waals surface area contributed by atoms with Crippen LogP contribution in [0.5, 0.6) is 0 Å². The molecule has 2 N–H and O–H groups in total. The van der Waals surface area contributed by atoms with E-state index in [1.807, 2.05) is 20.2 Å². The van der Waals surface area contributed by atoms with Crippen LogP contribution in [0.4, 0.5) is 11.4 Å². The Morgan fingerprint density at radius 2 is 1.96 bits per heavy atom. The molecule has 0 atom stereocenters. The number of pyridine rings is 1. The number of esters is 1. The summed E-state index contributed by atoms with van der Waals surface area (Å²) in [4.78, 5) is 30.2. The minimum absolute atomic E-state index is 0.298. The molecule has 0 unspecified atom stereocenters. The van der Waals surface area contributed by atoms with Crippen molar-refractivity contribution in [3.05, 3.63) is 53.9 Å². The van der Waals surface area contributed by atoms with Gasteiger partial charge in [-0.3, -0.25) is 4.79 Å². The van der Waals surface area contributed by atoms with E-state index >= 15 is 0 Å². The van der Waals surface area contributed by atoms with Crippen molar-refractivity contribution in [2.24, 2.45) is 0 Å². The molecule has 1 aromatic heterocycles. The Labute approximate surface area is 153 Å². The molecule has 1 heterocycles. The van der Waals surface area contributed by atoms with Gasteiger partial charge >= 0.3 is 5.97 Å². The Morgan fingerprint density at radius 1 is 1.15 bits per heavy atom. The highest BCUT2D eigenvalue weighted by Gasteiger charge is 2.10. The minimum atomic E-state index is -0.455. The predicted molar refractivity (Wildman–Crippen MR) is 102 cm³/mol. The Bertz CT molecular complexity index is 745. The number of methoxy groups -OCH3 is 1. The smallest absolute Gasteiger partial charge is 0.337 e. The van der Waals surface area contributed by atoms with E-state index in [9.17, 15) is 9.59 Å². The van der Waals surface area contributed by atoms with E-state index in [-0.39, 0.29) is 5.91 Å². The first kappa shape index (κ1) is 19.4. The SMILES string of the molecule is COC(=O)c1cccc(NC(=O)c2ccc(NCCCN(C)C)cn2)c1. The van der Waals surface area contributed by atoms with Crippen LogP contribution in [0.1, 0.15) is 27.3 Å². The van der Waals surface area contributed by atoms with Crippen molar-refractivity contribution in [2.45, 2.75) is 6.42 Å². The lowest BCUT2D eigenvalue weighted by Gasteiger charge is -2.11. The maximum atomic E-state index is 12.3. The van der Waals surface area contributed by atoms with Crippen LogP contribution in [-0.2, 0) is 4.74 Å². The largest absolute Gasteiger partial charge is 0.465 e. The summed E-state index contributed by atoms with van der Waals surface area (Å²) < 4.78 is 4.67. The topological polar surface area (TPSA) is 83.6 Å². The standard InChI is InChI=1S/C19H24N4O3/c1-23(2)11-5-10-20-16-8-9-17(21-13-16)18(24)22-15-7-4-6-14(12-15)19(25)26-3/h4,6-9,12-13,20H,5,10-11H2,1-3H3,(H,22,24). The molecular formula is C19H24N4O3. The van der Waals surface area contributed by atoms with Crippen LogP contribution >= 0.6 is 0 Å². The molecule has 0 fully saturated rings. The van der Waals surface area contributed by atoms with E-state index < -0.39 is 5.97 Å². The molecule has 7 nitrogen and oxygen atoms in total. The summed E-state index contributed by atoms with van der Waals surface area (Å²) in [6.07, 6.45) is 2.65. The maximum absolute atomic E-state index is 12.3. The van der Waals surface area contributed by atoms with Gasteiger partial charge in [0.15, 0.2) is 0 Å². The Kier molecular flexibility index (Phi) is 7.11. The van der Waals surface area contributed by atoms with Gasteiger partial charge in [0.25, 0.3) is 5.91 Å². The van der Waals surface area contributed by atoms with E-state index in [1.165, 1.54) is 7.11 Å². The Balaban J connectivity index is 1.92. The fraction of sp³-hybridized carbons (Fsp3) is 0.316. The third-order valence-corrected chi connectivity index (χ3v) is 3.65. The lowest BCUT2D eigenvalue weighted by atomic mass is 10.2. The zero-order valence-electron chi connectivity index (χ0n) is 15.3. The zero-order chi connectivity index (χ0) is 18.9. The van der Waals surface area contributed by atoms with Crippen LogP contribution < -0.4 is 10.6 Å². The number of carbonyl (C=O) groups is 2. The van der Waals surface area contributed by atoms with Gasteiger partial charge in [-0.1, -0.05) is 6.07 Å². The molecule has 7 heteroatoms. The van der Waals surface area contributed by atoms with E-state index in [1.54, 1.807) is 36.5 Å². The Hall–Kier alpha value is -2.93. The van der Waals surface area contributed by atoms with Gasteiger partial charge in [-0.2, -0.15) is 0 Å². The summed E-state index contributed by atoms with van der Waals surface area (Å²) in [5, 5.41) is 6.00. The summed E-state index contributed by atoms with van der Waals surface area (Å²) in [7, 11) is 5.39. The van der Waals surface area contributed by atoms with E-state index in [0.29, 0.717) is 16.9 Å². The molecule has 0 aliphatic heterocycles. The van der Waals surface area contributed by atoms with Gasteiger partial charge in [-0.05, 0) is 57.4 Å². The van der Waals surface area contributed by atoms with Gasteiger partial charge in [0.1, 0.15) is 5.69 Å². The molecule has 1 aromatic carbocycles. The second kappa shape index (κ2) is 9.53. The first-order valence-electron chi connectivity index (χ1n) is 8.34. The van der Waals surface area contributed by atoms with Crippen molar-refractivity contribution in [2.75, 3.05) is 44.9 Å². The number of nitrogens with zero attached hydrogens (tertiary/aromatic N) is 2. The molecule has 138 valence electrons. The van der Waals surface area contributed by atoms with Crippen molar-refractivity contribution in [3.63, 3.8) is 0 Å². The van der Waals surface area contributed by atoms with E-state index in [4.69, 9.17) is 0 Å². The van der Waals surface area contributed by atoms with Crippen molar-refractivity contribution >= 4 is 23.3 Å². The van der Waals surface area contributed by atoms with Crippen LogP contribution in [-0.4, -0.2) is 56.1 Å². The number of anilines is 2. The third kappa shape index (κ3) is 5.86. The number of ether oxygens (including phenoxy) is 1. The lowest BCUT2D eigenvalue weighted by Crippen LogP contribution is -2.17. The number of rotatable bonds is 8. The summed E-state index contributed by atoms with van der Waals surface area (Å²) in [6.45, 7) is 1.84. The number of hydrogen-bond acceptors (Lipinski definition) is 6. The molecule has 2 aromatic rings. The number of amides is 1. The summed E-state index contributed by atoms with van der Waals surface area (Å²) in [6, 6.07) is 10.0. The fourth-order valence-corrected chi connectivity index (χ4v) is 2.30. The van der Waals surface area contributed by atoms with Crippen LogP contribution in [0, 0.1) is 0 Å². The molecule has 0 radical (unpaired) electrons. The summed E-state index contributed by atoms with van der Waals surface area (Å²) in [5.41, 5.74) is 2.04. The van der Waals surface area contributed by atoms with Gasteiger partial charge in [0, 0.05) is 12.2 Å². The summed E-state index contributed by atoms with van der Waals surface area (Å²) in [5.74, 6) is -0.796. The first-order valence-corrected chi connectivity index (χ1v) is 8.34. The predicted octanol–water partition coefficient (Wildman–Crippen LogP) is 2.48. The number of benzene rings is 1. The minimum Gasteiger partial charge on any atom is -0.465 e. The second-order valence-electron chi connectivity index (χ2n) is 6.04. The van der Waals surface area contributed by atoms with Crippen LogP contribution in [0.2, 0.25) is 0 Å². The lowest BCUT2D eigenvalue weighted by molar-refractivity contribution is 0.0600. The molecule has 0 aliphatic carbocycles. The molecule has 1 amide bonds. The molecule has 0 bridgehead atoms. The molecule has 0 saturated heterocycles. The van der Waals surface area contributed by atoms with Crippen molar-refractivity contribution in [1.82, 2.24) is 9.88 Å². The molecule has 26 heavy (non-hydrogen) atoms. The maximum Gasteiger partial charge on any atom is 0.337 e. The van der Waals surface area contributed by atoms with Crippen LogP contribution in [0.3, 0.4) is 0 Å². The highest BCUT2D eigenvalue weighted by molar-refractivity contribution is 6.03. The van der Waals surface area contributed by atoms with Crippen LogP contribution in [0.15, 0.2) is 42.6 Å². The van der Waals surface area contributed by atoms with Crippen LogP contribution in [0.25, 0.3) is 0 Å². The quantitative estimate of drug-likeness (QED) is 0.558. The first-order chi connectivity index (χ1) is 12.5.